The smallest absolute Gasteiger partial charge is 0.172 e. The maximum absolute atomic E-state index is 12.1. The maximum atomic E-state index is 12.1. The monoisotopic (exact) mass is 329 g/mol. The van der Waals surface area contributed by atoms with Crippen LogP contribution in [-0.2, 0) is 14.6 Å². The van der Waals surface area contributed by atoms with Crippen molar-refractivity contribution in [1.29, 1.82) is 5.26 Å². The second-order valence-electron chi connectivity index (χ2n) is 3.96. The normalized spacial score (nSPS) is 14.6. The number of carbonyl (C=O) groups excluding carboxylic acids is 1. The van der Waals surface area contributed by atoms with Crippen molar-refractivity contribution in [3.63, 3.8) is 0 Å². The number of ketones is 1. The molecule has 0 saturated carbocycles. The molecule has 0 radical (unpaired) electrons. The Morgan fingerprint density at radius 1 is 1.39 bits per heavy atom. The average Bonchev–Trinajstić information content (AvgIpc) is 2.30. The molecule has 0 aliphatic carbocycles. The lowest BCUT2D eigenvalue weighted by Gasteiger charge is -2.14. The molecule has 0 aliphatic rings. The molecule has 6 heteroatoms. The molecule has 1 aromatic rings. The van der Waals surface area contributed by atoms with Gasteiger partial charge in [0.1, 0.15) is 11.2 Å². The Labute approximate surface area is 115 Å². The molecule has 1 aromatic carbocycles. The molecule has 0 aliphatic heterocycles. The van der Waals surface area contributed by atoms with Gasteiger partial charge in [-0.05, 0) is 18.6 Å². The van der Waals surface area contributed by atoms with Crippen molar-refractivity contribution in [2.24, 2.45) is 0 Å². The van der Waals surface area contributed by atoms with E-state index in [4.69, 9.17) is 5.26 Å². The number of sulfone groups is 1. The van der Waals surface area contributed by atoms with Crippen LogP contribution >= 0.6 is 15.9 Å². The van der Waals surface area contributed by atoms with Crippen LogP contribution in [0.1, 0.15) is 18.4 Å². The zero-order valence-electron chi connectivity index (χ0n) is 9.92. The molecule has 2 atom stereocenters. The van der Waals surface area contributed by atoms with Gasteiger partial charge < -0.3 is 0 Å². The third-order valence-corrected chi connectivity index (χ3v) is 4.91. The average molecular weight is 330 g/mol. The molecule has 2 unspecified atom stereocenters. The van der Waals surface area contributed by atoms with E-state index < -0.39 is 26.8 Å². The Balaban J connectivity index is 3.18. The minimum absolute atomic E-state index is 0.487. The standard InChI is InChI=1S/C12H12BrNO3S/c1-8(18(2,16)17)12(15)10(7-14)9-5-3-4-6-11(9)13/h3-6,8,10H,1-2H3. The van der Waals surface area contributed by atoms with E-state index >= 15 is 0 Å². The summed E-state index contributed by atoms with van der Waals surface area (Å²) in [7, 11) is -3.49. The van der Waals surface area contributed by atoms with E-state index in [1.165, 1.54) is 6.92 Å². The summed E-state index contributed by atoms with van der Waals surface area (Å²) in [6, 6.07) is 8.66. The van der Waals surface area contributed by atoms with Gasteiger partial charge in [0, 0.05) is 10.7 Å². The molecule has 0 saturated heterocycles. The highest BCUT2D eigenvalue weighted by Crippen LogP contribution is 2.27. The van der Waals surface area contributed by atoms with Crippen molar-refractivity contribution >= 4 is 31.6 Å². The third kappa shape index (κ3) is 3.18. The van der Waals surface area contributed by atoms with E-state index in [2.05, 4.69) is 15.9 Å². The lowest BCUT2D eigenvalue weighted by atomic mass is 9.95. The first-order valence-electron chi connectivity index (χ1n) is 5.15. The Morgan fingerprint density at radius 3 is 2.39 bits per heavy atom. The molecule has 1 rings (SSSR count). The van der Waals surface area contributed by atoms with Crippen LogP contribution in [0.4, 0.5) is 0 Å². The predicted molar refractivity (Wildman–Crippen MR) is 71.8 cm³/mol. The Hall–Kier alpha value is -1.19. The number of nitrogens with zero attached hydrogens (tertiary/aromatic N) is 1. The molecule has 0 aromatic heterocycles. The Morgan fingerprint density at radius 2 is 1.94 bits per heavy atom. The Bertz CT molecular complexity index is 604. The van der Waals surface area contributed by atoms with Gasteiger partial charge in [0.25, 0.3) is 0 Å². The number of Topliss-reactive ketones (excluding diaryl/α,β-unsaturated/α-hetero) is 1. The van der Waals surface area contributed by atoms with Crippen molar-refractivity contribution in [2.45, 2.75) is 18.1 Å². The van der Waals surface area contributed by atoms with Crippen LogP contribution < -0.4 is 0 Å². The molecule has 0 N–H and O–H groups in total. The van der Waals surface area contributed by atoms with Gasteiger partial charge in [0.15, 0.2) is 15.6 Å². The molecule has 0 fully saturated rings. The SMILES string of the molecule is CC(C(=O)C(C#N)c1ccccc1Br)S(C)(=O)=O. The van der Waals surface area contributed by atoms with Gasteiger partial charge in [-0.15, -0.1) is 0 Å². The molecule has 96 valence electrons. The highest BCUT2D eigenvalue weighted by Gasteiger charge is 2.32. The molecule has 0 heterocycles. The first kappa shape index (κ1) is 14.9. The van der Waals surface area contributed by atoms with E-state index in [0.717, 1.165) is 6.26 Å². The quantitative estimate of drug-likeness (QED) is 0.847. The second-order valence-corrected chi connectivity index (χ2v) is 7.18. The lowest BCUT2D eigenvalue weighted by molar-refractivity contribution is -0.118. The highest BCUT2D eigenvalue weighted by atomic mass is 79.9. The van der Waals surface area contributed by atoms with Crippen LogP contribution in [0.2, 0.25) is 0 Å². The largest absolute Gasteiger partial charge is 0.296 e. The van der Waals surface area contributed by atoms with Crippen molar-refractivity contribution in [3.8, 4) is 6.07 Å². The van der Waals surface area contributed by atoms with E-state index in [1.54, 1.807) is 24.3 Å². The van der Waals surface area contributed by atoms with Crippen molar-refractivity contribution in [3.05, 3.63) is 34.3 Å². The number of hydrogen-bond donors (Lipinski definition) is 0. The van der Waals surface area contributed by atoms with Crippen LogP contribution in [0.25, 0.3) is 0 Å². The topological polar surface area (TPSA) is 75.0 Å². The number of halogens is 1. The van der Waals surface area contributed by atoms with Crippen molar-refractivity contribution in [2.75, 3.05) is 6.26 Å². The fraction of sp³-hybridized carbons (Fsp3) is 0.333. The molecule has 4 nitrogen and oxygen atoms in total. The minimum Gasteiger partial charge on any atom is -0.296 e. The van der Waals surface area contributed by atoms with Gasteiger partial charge in [-0.2, -0.15) is 5.26 Å². The minimum atomic E-state index is -3.49. The summed E-state index contributed by atoms with van der Waals surface area (Å²) < 4.78 is 23.4. The van der Waals surface area contributed by atoms with Crippen LogP contribution in [0.5, 0.6) is 0 Å². The Kier molecular flexibility index (Phi) is 4.65. The zero-order chi connectivity index (χ0) is 13.9. The van der Waals surface area contributed by atoms with Gasteiger partial charge in [0.05, 0.1) is 6.07 Å². The van der Waals surface area contributed by atoms with Crippen molar-refractivity contribution in [1.82, 2.24) is 0 Å². The molecular formula is C12H12BrNO3S. The number of hydrogen-bond acceptors (Lipinski definition) is 4. The van der Waals surface area contributed by atoms with Crippen LogP contribution in [-0.4, -0.2) is 25.7 Å². The number of carbonyl (C=O) groups is 1. The summed E-state index contributed by atoms with van der Waals surface area (Å²) in [4.78, 5) is 12.1. The summed E-state index contributed by atoms with van der Waals surface area (Å²) in [5.41, 5.74) is 0.487. The third-order valence-electron chi connectivity index (χ3n) is 2.67. The first-order valence-corrected chi connectivity index (χ1v) is 7.90. The summed E-state index contributed by atoms with van der Waals surface area (Å²) >= 11 is 3.25. The van der Waals surface area contributed by atoms with Gasteiger partial charge >= 0.3 is 0 Å². The van der Waals surface area contributed by atoms with E-state index in [0.29, 0.717) is 10.0 Å². The summed E-state index contributed by atoms with van der Waals surface area (Å²) in [6.07, 6.45) is 0.990. The maximum Gasteiger partial charge on any atom is 0.172 e. The molecular weight excluding hydrogens is 318 g/mol. The lowest BCUT2D eigenvalue weighted by Crippen LogP contribution is -2.30. The van der Waals surface area contributed by atoms with Crippen LogP contribution in [0.15, 0.2) is 28.7 Å². The summed E-state index contributed by atoms with van der Waals surface area (Å²) in [6.45, 7) is 1.30. The van der Waals surface area contributed by atoms with Gasteiger partial charge in [-0.1, -0.05) is 34.1 Å². The van der Waals surface area contributed by atoms with E-state index in [1.807, 2.05) is 6.07 Å². The van der Waals surface area contributed by atoms with Crippen LogP contribution in [0, 0.1) is 11.3 Å². The number of rotatable bonds is 4. The molecule has 0 bridgehead atoms. The first-order chi connectivity index (χ1) is 8.29. The van der Waals surface area contributed by atoms with E-state index in [9.17, 15) is 13.2 Å². The van der Waals surface area contributed by atoms with Gasteiger partial charge in [-0.3, -0.25) is 4.79 Å². The molecule has 18 heavy (non-hydrogen) atoms. The summed E-state index contributed by atoms with van der Waals surface area (Å²) in [5, 5.41) is 7.92. The second kappa shape index (κ2) is 5.63. The fourth-order valence-electron chi connectivity index (χ4n) is 1.44. The van der Waals surface area contributed by atoms with Gasteiger partial charge in [-0.25, -0.2) is 8.42 Å². The van der Waals surface area contributed by atoms with Gasteiger partial charge in [0.2, 0.25) is 0 Å². The predicted octanol–water partition coefficient (Wildman–Crippen LogP) is 2.06. The fourth-order valence-corrected chi connectivity index (χ4v) is 2.51. The zero-order valence-corrected chi connectivity index (χ0v) is 12.3. The number of nitriles is 1. The highest BCUT2D eigenvalue weighted by molar-refractivity contribution is 9.10. The molecule has 0 amide bonds. The summed E-state index contributed by atoms with van der Waals surface area (Å²) in [5.74, 6) is -1.68. The van der Waals surface area contributed by atoms with Crippen LogP contribution in [0.3, 0.4) is 0 Å². The molecule has 0 spiro atoms. The number of benzene rings is 1. The van der Waals surface area contributed by atoms with E-state index in [-0.39, 0.29) is 0 Å². The van der Waals surface area contributed by atoms with Crippen molar-refractivity contribution < 1.29 is 13.2 Å².